The molecule has 0 saturated carbocycles. The van der Waals surface area contributed by atoms with Gasteiger partial charge in [-0.15, -0.1) is 0 Å². The van der Waals surface area contributed by atoms with Gasteiger partial charge in [-0.2, -0.15) is 13.2 Å². The predicted octanol–water partition coefficient (Wildman–Crippen LogP) is 3.15. The summed E-state index contributed by atoms with van der Waals surface area (Å²) in [4.78, 5) is 10.2. The molecule has 5 heteroatoms. The Kier molecular flexibility index (Phi) is 5.00. The second kappa shape index (κ2) is 6.27. The molecule has 1 aromatic rings. The Hall–Kier alpha value is -1.52. The molecule has 2 nitrogen and oxygen atoms in total. The molecule has 0 radical (unpaired) electrons. The Balaban J connectivity index is 2.30. The van der Waals surface area contributed by atoms with Gasteiger partial charge in [0.2, 0.25) is 0 Å². The van der Waals surface area contributed by atoms with Crippen LogP contribution in [0, 0.1) is 0 Å². The van der Waals surface area contributed by atoms with E-state index in [2.05, 4.69) is 0 Å². The van der Waals surface area contributed by atoms with Gasteiger partial charge in [0, 0.05) is 12.8 Å². The van der Waals surface area contributed by atoms with Crippen LogP contribution in [0.3, 0.4) is 0 Å². The SMILES string of the molecule is O=CCc1ccc(OCCCC(F)(F)F)cc1. The van der Waals surface area contributed by atoms with E-state index in [4.69, 9.17) is 4.74 Å². The second-order valence-corrected chi connectivity index (χ2v) is 3.58. The van der Waals surface area contributed by atoms with Crippen molar-refractivity contribution in [2.24, 2.45) is 0 Å². The first kappa shape index (κ1) is 13.5. The van der Waals surface area contributed by atoms with E-state index in [1.165, 1.54) is 0 Å². The molecule has 0 aromatic heterocycles. The highest BCUT2D eigenvalue weighted by molar-refractivity contribution is 5.55. The number of aldehydes is 1. The van der Waals surface area contributed by atoms with Gasteiger partial charge in [0.25, 0.3) is 0 Å². The van der Waals surface area contributed by atoms with Gasteiger partial charge in [-0.3, -0.25) is 0 Å². The van der Waals surface area contributed by atoms with Gasteiger partial charge in [-0.25, -0.2) is 0 Å². The minimum atomic E-state index is -4.13. The summed E-state index contributed by atoms with van der Waals surface area (Å²) < 4.78 is 40.6. The maximum Gasteiger partial charge on any atom is 0.389 e. The van der Waals surface area contributed by atoms with Crippen molar-refractivity contribution in [3.8, 4) is 5.75 Å². The fourth-order valence-corrected chi connectivity index (χ4v) is 1.28. The standard InChI is InChI=1S/C12H13F3O2/c13-12(14,15)7-1-9-17-11-4-2-10(3-5-11)6-8-16/h2-5,8H,1,6-7,9H2. The molecule has 1 aromatic carbocycles. The number of rotatable bonds is 6. The van der Waals surface area contributed by atoms with Crippen LogP contribution in [0.15, 0.2) is 24.3 Å². The van der Waals surface area contributed by atoms with Crippen LogP contribution in [-0.2, 0) is 11.2 Å². The van der Waals surface area contributed by atoms with Crippen molar-refractivity contribution in [2.75, 3.05) is 6.61 Å². The third kappa shape index (κ3) is 5.94. The number of benzene rings is 1. The Morgan fingerprint density at radius 1 is 1.18 bits per heavy atom. The van der Waals surface area contributed by atoms with Crippen LogP contribution in [0.1, 0.15) is 18.4 Å². The molecular weight excluding hydrogens is 233 g/mol. The second-order valence-electron chi connectivity index (χ2n) is 3.58. The number of alkyl halides is 3. The number of halogens is 3. The smallest absolute Gasteiger partial charge is 0.389 e. The van der Waals surface area contributed by atoms with Crippen molar-refractivity contribution >= 4 is 6.29 Å². The molecule has 0 amide bonds. The van der Waals surface area contributed by atoms with Crippen LogP contribution in [0.25, 0.3) is 0 Å². The minimum absolute atomic E-state index is 0.0343. The van der Waals surface area contributed by atoms with E-state index in [0.717, 1.165) is 11.8 Å². The van der Waals surface area contributed by atoms with E-state index >= 15 is 0 Å². The fourth-order valence-electron chi connectivity index (χ4n) is 1.28. The zero-order chi connectivity index (χ0) is 12.7. The van der Waals surface area contributed by atoms with Gasteiger partial charge in [0.15, 0.2) is 0 Å². The molecule has 17 heavy (non-hydrogen) atoms. The van der Waals surface area contributed by atoms with E-state index in [1.54, 1.807) is 24.3 Å². The maximum atomic E-state index is 11.8. The molecule has 0 saturated heterocycles. The summed E-state index contributed by atoms with van der Waals surface area (Å²) >= 11 is 0. The average Bonchev–Trinajstić information content (AvgIpc) is 2.26. The van der Waals surface area contributed by atoms with Gasteiger partial charge in [0.05, 0.1) is 6.61 Å². The van der Waals surface area contributed by atoms with E-state index in [1.807, 2.05) is 0 Å². The Morgan fingerprint density at radius 3 is 2.35 bits per heavy atom. The molecule has 0 heterocycles. The number of carbonyl (C=O) groups is 1. The first-order chi connectivity index (χ1) is 8.01. The third-order valence-corrected chi connectivity index (χ3v) is 2.12. The highest BCUT2D eigenvalue weighted by Crippen LogP contribution is 2.21. The first-order valence-electron chi connectivity index (χ1n) is 5.23. The fraction of sp³-hybridized carbons (Fsp3) is 0.417. The number of hydrogen-bond donors (Lipinski definition) is 0. The third-order valence-electron chi connectivity index (χ3n) is 2.12. The molecule has 1 rings (SSSR count). The van der Waals surface area contributed by atoms with Crippen molar-refractivity contribution in [1.29, 1.82) is 0 Å². The van der Waals surface area contributed by atoms with Crippen molar-refractivity contribution in [3.63, 3.8) is 0 Å². The minimum Gasteiger partial charge on any atom is -0.494 e. The summed E-state index contributed by atoms with van der Waals surface area (Å²) in [7, 11) is 0. The van der Waals surface area contributed by atoms with E-state index in [0.29, 0.717) is 12.2 Å². The summed E-state index contributed by atoms with van der Waals surface area (Å²) in [5.41, 5.74) is 0.850. The molecule has 0 spiro atoms. The summed E-state index contributed by atoms with van der Waals surface area (Å²) in [6.07, 6.45) is -3.90. The van der Waals surface area contributed by atoms with Crippen LogP contribution in [0.4, 0.5) is 13.2 Å². The Bertz CT molecular complexity index is 344. The lowest BCUT2D eigenvalue weighted by Crippen LogP contribution is -2.09. The van der Waals surface area contributed by atoms with Crippen LogP contribution in [-0.4, -0.2) is 19.1 Å². The van der Waals surface area contributed by atoms with Crippen LogP contribution in [0.2, 0.25) is 0 Å². The Labute approximate surface area is 97.4 Å². The zero-order valence-corrected chi connectivity index (χ0v) is 9.17. The molecule has 0 aliphatic rings. The molecule has 94 valence electrons. The highest BCUT2D eigenvalue weighted by Gasteiger charge is 2.25. The van der Waals surface area contributed by atoms with Gasteiger partial charge in [0.1, 0.15) is 12.0 Å². The molecule has 0 fully saturated rings. The lowest BCUT2D eigenvalue weighted by atomic mass is 10.2. The maximum absolute atomic E-state index is 11.8. The van der Waals surface area contributed by atoms with E-state index < -0.39 is 12.6 Å². The van der Waals surface area contributed by atoms with Gasteiger partial charge >= 0.3 is 6.18 Å². The van der Waals surface area contributed by atoms with Crippen LogP contribution in [0.5, 0.6) is 5.75 Å². The molecule has 0 atom stereocenters. The highest BCUT2D eigenvalue weighted by atomic mass is 19.4. The summed E-state index contributed by atoms with van der Waals surface area (Å²) in [6.45, 7) is 0.0343. The number of carbonyl (C=O) groups excluding carboxylic acids is 1. The number of hydrogen-bond acceptors (Lipinski definition) is 2. The predicted molar refractivity (Wildman–Crippen MR) is 57.0 cm³/mol. The molecular formula is C12H13F3O2. The van der Waals surface area contributed by atoms with E-state index in [9.17, 15) is 18.0 Å². The number of ether oxygens (including phenoxy) is 1. The first-order valence-corrected chi connectivity index (χ1v) is 5.23. The lowest BCUT2D eigenvalue weighted by Gasteiger charge is -2.08. The molecule has 0 unspecified atom stereocenters. The summed E-state index contributed by atoms with van der Waals surface area (Å²) in [5, 5.41) is 0. The van der Waals surface area contributed by atoms with E-state index in [-0.39, 0.29) is 13.0 Å². The molecule has 0 bridgehead atoms. The molecule has 0 aliphatic carbocycles. The van der Waals surface area contributed by atoms with Crippen LogP contribution >= 0.6 is 0 Å². The lowest BCUT2D eigenvalue weighted by molar-refractivity contribution is -0.136. The van der Waals surface area contributed by atoms with Crippen molar-refractivity contribution < 1.29 is 22.7 Å². The van der Waals surface area contributed by atoms with Gasteiger partial charge in [-0.1, -0.05) is 12.1 Å². The van der Waals surface area contributed by atoms with Gasteiger partial charge in [-0.05, 0) is 24.1 Å². The van der Waals surface area contributed by atoms with Crippen molar-refractivity contribution in [2.45, 2.75) is 25.4 Å². The zero-order valence-electron chi connectivity index (χ0n) is 9.17. The largest absolute Gasteiger partial charge is 0.494 e. The summed E-state index contributed by atoms with van der Waals surface area (Å²) in [6, 6.07) is 6.72. The topological polar surface area (TPSA) is 26.3 Å². The molecule has 0 aliphatic heterocycles. The monoisotopic (exact) mass is 246 g/mol. The quantitative estimate of drug-likeness (QED) is 0.569. The van der Waals surface area contributed by atoms with Gasteiger partial charge < -0.3 is 9.53 Å². The summed E-state index contributed by atoms with van der Waals surface area (Å²) in [5.74, 6) is 0.516. The van der Waals surface area contributed by atoms with Crippen LogP contribution < -0.4 is 4.74 Å². The average molecular weight is 246 g/mol. The Morgan fingerprint density at radius 2 is 1.82 bits per heavy atom. The van der Waals surface area contributed by atoms with Crippen molar-refractivity contribution in [3.05, 3.63) is 29.8 Å². The molecule has 0 N–H and O–H groups in total. The normalized spacial score (nSPS) is 11.2. The van der Waals surface area contributed by atoms with Crippen molar-refractivity contribution in [1.82, 2.24) is 0 Å².